The molecule has 0 unspecified atom stereocenters. The van der Waals surface area contributed by atoms with Crippen LogP contribution in [0.2, 0.25) is 0 Å². The number of benzene rings is 1. The van der Waals surface area contributed by atoms with Gasteiger partial charge in [-0.2, -0.15) is 11.8 Å². The molecule has 0 saturated heterocycles. The zero-order valence-electron chi connectivity index (χ0n) is 12.6. The van der Waals surface area contributed by atoms with Crippen LogP contribution in [0, 0.1) is 0 Å². The predicted octanol–water partition coefficient (Wildman–Crippen LogP) is 3.29. The summed E-state index contributed by atoms with van der Waals surface area (Å²) >= 11 is 1.82. The molecule has 0 saturated carbocycles. The number of pyridine rings is 1. The van der Waals surface area contributed by atoms with E-state index >= 15 is 0 Å². The van der Waals surface area contributed by atoms with E-state index in [4.69, 9.17) is 14.8 Å². The van der Waals surface area contributed by atoms with E-state index in [1.54, 1.807) is 7.11 Å². The molecule has 1 heterocycles. The van der Waals surface area contributed by atoms with Gasteiger partial charge < -0.3 is 15.2 Å². The molecule has 0 fully saturated rings. The van der Waals surface area contributed by atoms with Gasteiger partial charge in [0.25, 0.3) is 0 Å². The van der Waals surface area contributed by atoms with Gasteiger partial charge in [0.2, 0.25) is 0 Å². The van der Waals surface area contributed by atoms with Crippen LogP contribution in [-0.2, 0) is 5.75 Å². The van der Waals surface area contributed by atoms with Crippen molar-refractivity contribution in [3.05, 3.63) is 29.8 Å². The fraction of sp³-hybridized carbons (Fsp3) is 0.438. The number of thioether (sulfide) groups is 1. The first-order chi connectivity index (χ1) is 10.3. The number of nitrogens with one attached hydrogen (secondary N) is 1. The number of aromatic nitrogens is 1. The van der Waals surface area contributed by atoms with E-state index in [2.05, 4.69) is 18.3 Å². The van der Waals surface area contributed by atoms with Crippen molar-refractivity contribution in [2.45, 2.75) is 19.1 Å². The first-order valence-corrected chi connectivity index (χ1v) is 8.34. The van der Waals surface area contributed by atoms with Crippen LogP contribution in [0.25, 0.3) is 10.9 Å². The highest BCUT2D eigenvalue weighted by molar-refractivity contribution is 7.98. The quantitative estimate of drug-likeness (QED) is 0.733. The maximum absolute atomic E-state index is 8.84. The van der Waals surface area contributed by atoms with E-state index in [0.29, 0.717) is 0 Å². The molecular weight excluding hydrogens is 284 g/mol. The van der Waals surface area contributed by atoms with Gasteiger partial charge in [0, 0.05) is 35.9 Å². The minimum atomic E-state index is 0.253. The Balaban J connectivity index is 2.27. The van der Waals surface area contributed by atoms with Gasteiger partial charge in [-0.1, -0.05) is 0 Å². The number of aliphatic hydroxyl groups excluding tert-OH is 1. The van der Waals surface area contributed by atoms with Crippen molar-refractivity contribution in [2.24, 2.45) is 0 Å². The summed E-state index contributed by atoms with van der Waals surface area (Å²) in [5.41, 5.74) is 2.15. The third-order valence-electron chi connectivity index (χ3n) is 3.15. The molecule has 0 spiro atoms. The highest BCUT2D eigenvalue weighted by atomic mass is 32.2. The number of anilines is 1. The molecule has 0 aliphatic heterocycles. The Morgan fingerprint density at radius 3 is 2.90 bits per heavy atom. The van der Waals surface area contributed by atoms with E-state index in [1.807, 2.05) is 30.0 Å². The SMILES string of the molecule is CCNc1nc2cc(OC)ccc2cc1CSCCCO. The second-order valence-electron chi connectivity index (χ2n) is 4.71. The molecule has 2 aromatic rings. The lowest BCUT2D eigenvalue weighted by atomic mass is 10.1. The summed E-state index contributed by atoms with van der Waals surface area (Å²) in [6.45, 7) is 3.17. The van der Waals surface area contributed by atoms with Crippen LogP contribution >= 0.6 is 11.8 Å². The molecule has 0 aliphatic rings. The van der Waals surface area contributed by atoms with Crippen LogP contribution in [0.1, 0.15) is 18.9 Å². The van der Waals surface area contributed by atoms with Crippen LogP contribution in [-0.4, -0.2) is 36.1 Å². The van der Waals surface area contributed by atoms with Gasteiger partial charge in [-0.05, 0) is 37.3 Å². The molecule has 0 amide bonds. The number of methoxy groups -OCH3 is 1. The van der Waals surface area contributed by atoms with Crippen molar-refractivity contribution in [1.82, 2.24) is 4.98 Å². The van der Waals surface area contributed by atoms with Crippen molar-refractivity contribution in [1.29, 1.82) is 0 Å². The summed E-state index contributed by atoms with van der Waals surface area (Å²) in [5.74, 6) is 3.62. The van der Waals surface area contributed by atoms with Gasteiger partial charge in [-0.25, -0.2) is 4.98 Å². The van der Waals surface area contributed by atoms with E-state index in [9.17, 15) is 0 Å². The van der Waals surface area contributed by atoms with E-state index in [-0.39, 0.29) is 6.61 Å². The van der Waals surface area contributed by atoms with E-state index in [1.165, 1.54) is 5.56 Å². The first kappa shape index (κ1) is 15.9. The van der Waals surface area contributed by atoms with Crippen LogP contribution in [0.5, 0.6) is 5.75 Å². The largest absolute Gasteiger partial charge is 0.497 e. The van der Waals surface area contributed by atoms with Crippen molar-refractivity contribution in [3.63, 3.8) is 0 Å². The minimum absolute atomic E-state index is 0.253. The van der Waals surface area contributed by atoms with Gasteiger partial charge in [-0.15, -0.1) is 0 Å². The second-order valence-corrected chi connectivity index (χ2v) is 5.82. The third kappa shape index (κ3) is 4.25. The Morgan fingerprint density at radius 1 is 1.33 bits per heavy atom. The Bertz CT molecular complexity index is 590. The van der Waals surface area contributed by atoms with Crippen LogP contribution in [0.3, 0.4) is 0 Å². The lowest BCUT2D eigenvalue weighted by molar-refractivity contribution is 0.296. The van der Waals surface area contributed by atoms with Crippen LogP contribution in [0.15, 0.2) is 24.3 Å². The maximum atomic E-state index is 8.84. The summed E-state index contributed by atoms with van der Waals surface area (Å²) in [6, 6.07) is 8.14. The molecular formula is C16H22N2O2S. The molecule has 2 N–H and O–H groups in total. The first-order valence-electron chi connectivity index (χ1n) is 7.18. The number of rotatable bonds is 8. The predicted molar refractivity (Wildman–Crippen MR) is 90.3 cm³/mol. The van der Waals surface area contributed by atoms with Crippen molar-refractivity contribution >= 4 is 28.5 Å². The number of nitrogens with zero attached hydrogens (tertiary/aromatic N) is 1. The summed E-state index contributed by atoms with van der Waals surface area (Å²) in [6.07, 6.45) is 0.833. The average Bonchev–Trinajstić information content (AvgIpc) is 2.51. The zero-order chi connectivity index (χ0) is 15.1. The van der Waals surface area contributed by atoms with Crippen molar-refractivity contribution in [2.75, 3.05) is 31.3 Å². The summed E-state index contributed by atoms with van der Waals surface area (Å²) in [5, 5.41) is 13.3. The third-order valence-corrected chi connectivity index (χ3v) is 4.24. The smallest absolute Gasteiger partial charge is 0.130 e. The minimum Gasteiger partial charge on any atom is -0.497 e. The van der Waals surface area contributed by atoms with Crippen LogP contribution in [0.4, 0.5) is 5.82 Å². The fourth-order valence-electron chi connectivity index (χ4n) is 2.10. The summed E-state index contributed by atoms with van der Waals surface area (Å²) in [7, 11) is 1.67. The normalized spacial score (nSPS) is 10.8. The zero-order valence-corrected chi connectivity index (χ0v) is 13.4. The molecule has 114 valence electrons. The lowest BCUT2D eigenvalue weighted by Crippen LogP contribution is -2.03. The standard InChI is InChI=1S/C16H22N2O2S/c1-3-17-16-13(11-21-8-4-7-19)9-12-5-6-14(20-2)10-15(12)18-16/h5-6,9-10,19H,3-4,7-8,11H2,1-2H3,(H,17,18). The van der Waals surface area contributed by atoms with Gasteiger partial charge in [-0.3, -0.25) is 0 Å². The number of hydrogen-bond donors (Lipinski definition) is 2. The molecule has 4 nitrogen and oxygen atoms in total. The van der Waals surface area contributed by atoms with Crippen LogP contribution < -0.4 is 10.1 Å². The Morgan fingerprint density at radius 2 is 2.19 bits per heavy atom. The molecule has 2 rings (SSSR count). The average molecular weight is 306 g/mol. The molecule has 0 atom stereocenters. The monoisotopic (exact) mass is 306 g/mol. The van der Waals surface area contributed by atoms with Gasteiger partial charge in [0.15, 0.2) is 0 Å². The number of aliphatic hydroxyl groups is 1. The highest BCUT2D eigenvalue weighted by Crippen LogP contribution is 2.27. The molecule has 21 heavy (non-hydrogen) atoms. The maximum Gasteiger partial charge on any atom is 0.130 e. The van der Waals surface area contributed by atoms with Crippen molar-refractivity contribution < 1.29 is 9.84 Å². The van der Waals surface area contributed by atoms with Crippen molar-refractivity contribution in [3.8, 4) is 5.75 Å². The second kappa shape index (κ2) is 8.10. The number of ether oxygens (including phenoxy) is 1. The van der Waals surface area contributed by atoms with E-state index in [0.717, 1.165) is 46.9 Å². The Hall–Kier alpha value is -1.46. The molecule has 5 heteroatoms. The van der Waals surface area contributed by atoms with E-state index < -0.39 is 0 Å². The Kier molecular flexibility index (Phi) is 6.14. The molecule has 1 aromatic carbocycles. The van der Waals surface area contributed by atoms with Gasteiger partial charge in [0.1, 0.15) is 11.6 Å². The number of fused-ring (bicyclic) bond motifs is 1. The lowest BCUT2D eigenvalue weighted by Gasteiger charge is -2.12. The molecule has 1 aromatic heterocycles. The van der Waals surface area contributed by atoms with Gasteiger partial charge in [0.05, 0.1) is 12.6 Å². The van der Waals surface area contributed by atoms with Gasteiger partial charge >= 0.3 is 0 Å². The number of hydrogen-bond acceptors (Lipinski definition) is 5. The fourth-order valence-corrected chi connectivity index (χ4v) is 3.01. The summed E-state index contributed by atoms with van der Waals surface area (Å²) < 4.78 is 5.26. The molecule has 0 bridgehead atoms. The Labute approximate surface area is 129 Å². The topological polar surface area (TPSA) is 54.4 Å². The highest BCUT2D eigenvalue weighted by Gasteiger charge is 2.07. The molecule has 0 radical (unpaired) electrons. The summed E-state index contributed by atoms with van der Waals surface area (Å²) in [4.78, 5) is 4.72. The molecule has 0 aliphatic carbocycles.